The highest BCUT2D eigenvalue weighted by atomic mass is 14.5. The molecule has 0 radical (unpaired) electrons. The third-order valence-corrected chi connectivity index (χ3v) is 1.33. The van der Waals surface area contributed by atoms with E-state index in [1.807, 2.05) is 100 Å². The van der Waals surface area contributed by atoms with Gasteiger partial charge in [-0.2, -0.15) is 10.5 Å². The Morgan fingerprint density at radius 3 is 0.640 bits per heavy atom. The second kappa shape index (κ2) is 58.4. The summed E-state index contributed by atoms with van der Waals surface area (Å²) in [7, 11) is 1.42. The van der Waals surface area contributed by atoms with Crippen LogP contribution in [0.1, 0.15) is 41.5 Å². The summed E-state index contributed by atoms with van der Waals surface area (Å²) in [6.45, 7) is 16.7. The van der Waals surface area contributed by atoms with Crippen LogP contribution < -0.4 is 0 Å². The summed E-state index contributed by atoms with van der Waals surface area (Å²) in [4.78, 5) is 2.75. The number of nitrogens with zero attached hydrogens (tertiary/aromatic N) is 3. The van der Waals surface area contributed by atoms with E-state index in [4.69, 9.17) is 17.1 Å². The van der Waals surface area contributed by atoms with Crippen molar-refractivity contribution in [2.75, 3.05) is 7.05 Å². The standard InChI is InChI=1S/2C6H6.3C2H3N.2C2H6/c2*1-2-4-6-5-3-1;1-3-2;2*1-2-3;2*1-2/h2*1-6H;3*1H3;2*1-2H3. The van der Waals surface area contributed by atoms with Crippen molar-refractivity contribution >= 4 is 0 Å². The fraction of sp³-hybridized carbons (Fsp3) is 0.318. The summed E-state index contributed by atoms with van der Waals surface area (Å²) >= 11 is 0. The van der Waals surface area contributed by atoms with Crippen molar-refractivity contribution in [1.82, 2.24) is 0 Å². The molecule has 3 heteroatoms. The van der Waals surface area contributed by atoms with Gasteiger partial charge >= 0.3 is 0 Å². The molecule has 0 spiro atoms. The molecule has 0 N–H and O–H groups in total. The Balaban J connectivity index is -0.0000000661. The van der Waals surface area contributed by atoms with Crippen LogP contribution in [0, 0.1) is 29.2 Å². The fourth-order valence-electron chi connectivity index (χ4n) is 0.770. The highest BCUT2D eigenvalue weighted by Crippen LogP contribution is 1.80. The van der Waals surface area contributed by atoms with Gasteiger partial charge in [0.1, 0.15) is 0 Å². The van der Waals surface area contributed by atoms with E-state index in [0.717, 1.165) is 0 Å². The lowest BCUT2D eigenvalue weighted by molar-refractivity contribution is 1.49. The highest BCUT2D eigenvalue weighted by molar-refractivity contribution is 4.99. The van der Waals surface area contributed by atoms with Crippen LogP contribution >= 0.6 is 0 Å². The summed E-state index contributed by atoms with van der Waals surface area (Å²) < 4.78 is 0. The molecule has 0 fully saturated rings. The molecule has 2 rings (SSSR count). The summed E-state index contributed by atoms with van der Waals surface area (Å²) in [5.41, 5.74) is 0. The van der Waals surface area contributed by atoms with E-state index in [9.17, 15) is 0 Å². The quantitative estimate of drug-likeness (QED) is 0.484. The molecule has 0 heterocycles. The van der Waals surface area contributed by atoms with E-state index in [0.29, 0.717) is 0 Å². The van der Waals surface area contributed by atoms with Gasteiger partial charge in [0.2, 0.25) is 7.05 Å². The van der Waals surface area contributed by atoms with Gasteiger partial charge in [-0.15, -0.1) is 0 Å². The predicted molar refractivity (Wildman–Crippen MR) is 111 cm³/mol. The van der Waals surface area contributed by atoms with Crippen LogP contribution in [-0.2, 0) is 0 Å². The zero-order valence-corrected chi connectivity index (χ0v) is 16.8. The first-order chi connectivity index (χ1) is 12.2. The monoisotopic (exact) mass is 339 g/mol. The first-order valence-corrected chi connectivity index (χ1v) is 8.12. The molecule has 0 bridgehead atoms. The van der Waals surface area contributed by atoms with Crippen molar-refractivity contribution in [3.63, 3.8) is 0 Å². The van der Waals surface area contributed by atoms with Crippen LogP contribution in [0.5, 0.6) is 0 Å². The van der Waals surface area contributed by atoms with Gasteiger partial charge in [-0.3, -0.25) is 0 Å². The zero-order chi connectivity index (χ0) is 20.6. The van der Waals surface area contributed by atoms with Crippen LogP contribution in [0.25, 0.3) is 4.85 Å². The minimum Gasteiger partial charge on any atom is -0.320 e. The Hall–Kier alpha value is -3.09. The fourth-order valence-corrected chi connectivity index (χ4v) is 0.770. The van der Waals surface area contributed by atoms with E-state index < -0.39 is 0 Å². The maximum Gasteiger partial charge on any atom is 0.205 e. The minimum atomic E-state index is 1.42. The SMILES string of the molecule is CC.CC.CC#N.CC#N.[C-]#[N+]C.c1ccccc1.c1ccccc1. The van der Waals surface area contributed by atoms with Crippen LogP contribution in [0.15, 0.2) is 72.8 Å². The third kappa shape index (κ3) is 94.2. The first-order valence-electron chi connectivity index (χ1n) is 8.12. The topological polar surface area (TPSA) is 51.9 Å². The molecule has 0 saturated heterocycles. The van der Waals surface area contributed by atoms with E-state index >= 15 is 0 Å². The molecule has 25 heavy (non-hydrogen) atoms. The van der Waals surface area contributed by atoms with Gasteiger partial charge in [0, 0.05) is 13.8 Å². The van der Waals surface area contributed by atoms with Crippen molar-refractivity contribution in [2.45, 2.75) is 41.5 Å². The molecule has 0 aliphatic carbocycles. The summed E-state index contributed by atoms with van der Waals surface area (Å²) in [5.74, 6) is 0. The molecule has 0 aliphatic heterocycles. The maximum atomic E-state index is 7.32. The Morgan fingerprint density at radius 2 is 0.600 bits per heavy atom. The number of benzene rings is 2. The smallest absolute Gasteiger partial charge is 0.205 e. The van der Waals surface area contributed by atoms with Gasteiger partial charge in [-0.05, 0) is 0 Å². The summed E-state index contributed by atoms with van der Waals surface area (Å²) in [6.07, 6.45) is 0. The third-order valence-electron chi connectivity index (χ3n) is 1.33. The molecule has 0 aromatic heterocycles. The van der Waals surface area contributed by atoms with Crippen LogP contribution in [-0.4, -0.2) is 7.05 Å². The van der Waals surface area contributed by atoms with Gasteiger partial charge < -0.3 is 4.85 Å². The second-order valence-corrected chi connectivity index (χ2v) is 2.98. The van der Waals surface area contributed by atoms with Crippen molar-refractivity contribution in [2.24, 2.45) is 0 Å². The van der Waals surface area contributed by atoms with E-state index in [-0.39, 0.29) is 0 Å². The van der Waals surface area contributed by atoms with Crippen LogP contribution in [0.3, 0.4) is 0 Å². The molecule has 0 unspecified atom stereocenters. The molecule has 3 nitrogen and oxygen atoms in total. The van der Waals surface area contributed by atoms with Gasteiger partial charge in [0.15, 0.2) is 0 Å². The lowest BCUT2D eigenvalue weighted by Crippen LogP contribution is -1.47. The summed E-state index contributed by atoms with van der Waals surface area (Å²) in [6, 6.07) is 27.5. The Kier molecular flexibility index (Phi) is 78.3. The second-order valence-electron chi connectivity index (χ2n) is 2.98. The number of hydrogen-bond acceptors (Lipinski definition) is 2. The van der Waals surface area contributed by atoms with Gasteiger partial charge in [-0.25, -0.2) is 6.57 Å². The molecular formula is C22H33N3. The molecule has 0 amide bonds. The Bertz CT molecular complexity index is 375. The average molecular weight is 340 g/mol. The molecular weight excluding hydrogens is 306 g/mol. The zero-order valence-electron chi connectivity index (χ0n) is 16.8. The van der Waals surface area contributed by atoms with Crippen molar-refractivity contribution in [3.05, 3.63) is 84.2 Å². The Morgan fingerprint density at radius 1 is 0.560 bits per heavy atom. The first kappa shape index (κ1) is 33.5. The van der Waals surface area contributed by atoms with Gasteiger partial charge in [-0.1, -0.05) is 100 Å². The van der Waals surface area contributed by atoms with Crippen molar-refractivity contribution in [3.8, 4) is 12.1 Å². The van der Waals surface area contributed by atoms with E-state index in [2.05, 4.69) is 4.85 Å². The van der Waals surface area contributed by atoms with Crippen LogP contribution in [0.2, 0.25) is 0 Å². The summed E-state index contributed by atoms with van der Waals surface area (Å²) in [5, 5.41) is 14.6. The average Bonchev–Trinajstić information content (AvgIpc) is 2.70. The van der Waals surface area contributed by atoms with E-state index in [1.165, 1.54) is 20.9 Å². The highest BCUT2D eigenvalue weighted by Gasteiger charge is 1.58. The molecule has 0 saturated carbocycles. The lowest BCUT2D eigenvalue weighted by atomic mass is 10.4. The number of hydrogen-bond donors (Lipinski definition) is 0. The maximum absolute atomic E-state index is 7.32. The lowest BCUT2D eigenvalue weighted by Gasteiger charge is -1.69. The largest absolute Gasteiger partial charge is 0.320 e. The van der Waals surface area contributed by atoms with Gasteiger partial charge in [0.25, 0.3) is 0 Å². The Labute approximate surface area is 156 Å². The number of nitriles is 2. The van der Waals surface area contributed by atoms with Gasteiger partial charge in [0.05, 0.1) is 12.1 Å². The molecule has 2 aromatic carbocycles. The van der Waals surface area contributed by atoms with E-state index in [1.54, 1.807) is 12.1 Å². The normalized spacial score (nSPS) is 5.28. The molecule has 2 aromatic rings. The van der Waals surface area contributed by atoms with Crippen molar-refractivity contribution in [1.29, 1.82) is 10.5 Å². The number of rotatable bonds is 0. The molecule has 0 atom stereocenters. The predicted octanol–water partition coefficient (Wildman–Crippen LogP) is 7.02. The van der Waals surface area contributed by atoms with Crippen molar-refractivity contribution < 1.29 is 0 Å². The molecule has 136 valence electrons. The van der Waals surface area contributed by atoms with Crippen LogP contribution in [0.4, 0.5) is 0 Å². The minimum absolute atomic E-state index is 1.42. The molecule has 0 aliphatic rings.